The van der Waals surface area contributed by atoms with Crippen LogP contribution in [-0.4, -0.2) is 98.4 Å². The zero-order valence-electron chi connectivity index (χ0n) is 28.1. The molecule has 2 aromatic rings. The molecular weight excluding hydrogens is 612 g/mol. The average molecular weight is 659 g/mol. The van der Waals surface area contributed by atoms with E-state index in [1.54, 1.807) is 0 Å². The minimum atomic E-state index is -0.847. The summed E-state index contributed by atoms with van der Waals surface area (Å²) in [6.45, 7) is 0. The molecule has 4 bridgehead atoms. The Morgan fingerprint density at radius 1 is 0.542 bits per heavy atom. The van der Waals surface area contributed by atoms with Crippen LogP contribution in [-0.2, 0) is 38.1 Å². The number of nitrogens with zero attached hydrogens (tertiary/aromatic N) is 2. The molecule has 0 radical (unpaired) electrons. The number of rotatable bonds is 8. The van der Waals surface area contributed by atoms with Crippen molar-refractivity contribution in [2.45, 2.75) is 86.7 Å². The summed E-state index contributed by atoms with van der Waals surface area (Å²) >= 11 is 0. The predicted octanol–water partition coefficient (Wildman–Crippen LogP) is 3.94. The van der Waals surface area contributed by atoms with E-state index >= 15 is 0 Å². The molecule has 0 amide bonds. The molecule has 1 saturated carbocycles. The van der Waals surface area contributed by atoms with Gasteiger partial charge in [-0.3, -0.25) is 29.0 Å². The van der Waals surface area contributed by atoms with Crippen LogP contribution in [0.4, 0.5) is 0 Å². The van der Waals surface area contributed by atoms with Gasteiger partial charge in [-0.05, 0) is 50.9 Å². The van der Waals surface area contributed by atoms with Crippen LogP contribution >= 0.6 is 0 Å². The number of hydrogen-bond donors (Lipinski definition) is 0. The molecule has 4 saturated heterocycles. The lowest BCUT2D eigenvalue weighted by Crippen LogP contribution is -2.58. The van der Waals surface area contributed by atoms with Crippen molar-refractivity contribution in [3.05, 3.63) is 71.8 Å². The SMILES string of the molecule is COC(=O)C1C(OC(=O)[C@@H]2[C@@H](C(=O)OC3C[C@@H]4CC[C@H](C3C(=O)OC)N4C)[C@@H](c3ccccc3)[C@@H]2c2ccccc2)C[C@@H]2CC[C@H]1N2C. The van der Waals surface area contributed by atoms with Crippen molar-refractivity contribution < 1.29 is 38.1 Å². The van der Waals surface area contributed by atoms with Crippen molar-refractivity contribution in [3.63, 3.8) is 0 Å². The van der Waals surface area contributed by atoms with Gasteiger partial charge in [0.05, 0.1) is 26.1 Å². The van der Waals surface area contributed by atoms with Crippen LogP contribution in [0.25, 0.3) is 0 Å². The molecule has 256 valence electrons. The maximum absolute atomic E-state index is 14.5. The molecule has 10 nitrogen and oxygen atoms in total. The van der Waals surface area contributed by atoms with Gasteiger partial charge in [0.1, 0.15) is 24.0 Å². The van der Waals surface area contributed by atoms with Gasteiger partial charge in [-0.1, -0.05) is 60.7 Å². The molecule has 1 aliphatic carbocycles. The molecule has 5 aliphatic rings. The Bertz CT molecular complexity index is 1410. The third-order valence-corrected chi connectivity index (χ3v) is 12.4. The standard InChI is InChI=1S/C38H46N2O8/c1-39-23-15-17-25(39)31(35(41)45-3)27(19-23)47-37(43)33-29(21-11-7-5-8-12-21)30(22-13-9-6-10-14-22)34(33)38(44)48-28-20-24-16-18-26(40(24)2)32(28)36(42)46-4/h5-14,23-34H,15-20H2,1-4H3/t23-,24-,25+,26+,27?,28?,29-,30-,31?,32?,33-,34-/m0/s1. The molecule has 4 aliphatic heterocycles. The van der Waals surface area contributed by atoms with Crippen LogP contribution in [0.5, 0.6) is 0 Å². The molecule has 48 heavy (non-hydrogen) atoms. The molecule has 0 aromatic heterocycles. The van der Waals surface area contributed by atoms with Gasteiger partial charge in [-0.15, -0.1) is 0 Å². The maximum Gasteiger partial charge on any atom is 0.314 e. The number of carbonyl (C=O) groups is 4. The number of ether oxygens (including phenoxy) is 4. The zero-order valence-corrected chi connectivity index (χ0v) is 28.1. The zero-order chi connectivity index (χ0) is 33.7. The summed E-state index contributed by atoms with van der Waals surface area (Å²) in [6, 6.07) is 19.8. The molecular formula is C38H46N2O8. The Balaban J connectivity index is 1.23. The first-order chi connectivity index (χ1) is 23.2. The van der Waals surface area contributed by atoms with Crippen molar-refractivity contribution in [2.24, 2.45) is 23.7 Å². The fourth-order valence-corrected chi connectivity index (χ4v) is 9.94. The maximum atomic E-state index is 14.5. The van der Waals surface area contributed by atoms with Gasteiger partial charge < -0.3 is 18.9 Å². The minimum absolute atomic E-state index is 0.0757. The Labute approximate surface area is 282 Å². The highest BCUT2D eigenvalue weighted by Gasteiger charge is 2.62. The van der Waals surface area contributed by atoms with Crippen LogP contribution in [0.3, 0.4) is 0 Å². The molecule has 4 heterocycles. The highest BCUT2D eigenvalue weighted by molar-refractivity contribution is 5.88. The first kappa shape index (κ1) is 32.8. The Morgan fingerprint density at radius 3 is 1.27 bits per heavy atom. The van der Waals surface area contributed by atoms with E-state index < -0.39 is 47.8 Å². The summed E-state index contributed by atoms with van der Waals surface area (Å²) < 4.78 is 23.1. The molecule has 10 heteroatoms. The van der Waals surface area contributed by atoms with E-state index in [9.17, 15) is 19.2 Å². The van der Waals surface area contributed by atoms with Gasteiger partial charge >= 0.3 is 23.9 Å². The summed E-state index contributed by atoms with van der Waals surface area (Å²) in [5.74, 6) is -5.41. The van der Waals surface area contributed by atoms with E-state index in [2.05, 4.69) is 9.80 Å². The van der Waals surface area contributed by atoms with Gasteiger partial charge in [0.15, 0.2) is 0 Å². The first-order valence-electron chi connectivity index (χ1n) is 17.3. The summed E-state index contributed by atoms with van der Waals surface area (Å²) in [7, 11) is 6.77. The minimum Gasteiger partial charge on any atom is -0.469 e. The molecule has 0 spiro atoms. The van der Waals surface area contributed by atoms with Crippen molar-refractivity contribution in [1.29, 1.82) is 0 Å². The van der Waals surface area contributed by atoms with E-state index in [1.807, 2.05) is 74.8 Å². The largest absolute Gasteiger partial charge is 0.469 e. The van der Waals surface area contributed by atoms with E-state index in [0.29, 0.717) is 12.8 Å². The van der Waals surface area contributed by atoms with Crippen molar-refractivity contribution >= 4 is 23.9 Å². The molecule has 0 N–H and O–H groups in total. The quantitative estimate of drug-likeness (QED) is 0.306. The smallest absolute Gasteiger partial charge is 0.314 e. The molecule has 2 aromatic carbocycles. The van der Waals surface area contributed by atoms with Crippen molar-refractivity contribution in [2.75, 3.05) is 28.3 Å². The van der Waals surface area contributed by atoms with Gasteiger partial charge in [0, 0.05) is 48.8 Å². The van der Waals surface area contributed by atoms with Gasteiger partial charge in [0.25, 0.3) is 0 Å². The highest BCUT2D eigenvalue weighted by Crippen LogP contribution is 2.59. The van der Waals surface area contributed by atoms with E-state index in [0.717, 1.165) is 36.8 Å². The second-order valence-electron chi connectivity index (χ2n) is 14.4. The first-order valence-corrected chi connectivity index (χ1v) is 17.3. The van der Waals surface area contributed by atoms with Gasteiger partial charge in [-0.25, -0.2) is 0 Å². The monoisotopic (exact) mass is 658 g/mol. The summed E-state index contributed by atoms with van der Waals surface area (Å²) in [5, 5.41) is 0. The topological polar surface area (TPSA) is 112 Å². The lowest BCUT2D eigenvalue weighted by atomic mass is 9.52. The number of fused-ring (bicyclic) bond motifs is 4. The number of carbonyl (C=O) groups excluding carboxylic acids is 4. The van der Waals surface area contributed by atoms with E-state index in [4.69, 9.17) is 18.9 Å². The second kappa shape index (κ2) is 13.3. The number of benzene rings is 2. The number of esters is 4. The van der Waals surface area contributed by atoms with Gasteiger partial charge in [-0.2, -0.15) is 0 Å². The average Bonchev–Trinajstić information content (AvgIpc) is 3.45. The number of hydrogen-bond acceptors (Lipinski definition) is 10. The lowest BCUT2D eigenvalue weighted by molar-refractivity contribution is -0.190. The van der Waals surface area contributed by atoms with E-state index in [1.165, 1.54) is 14.2 Å². The fraction of sp³-hybridized carbons (Fsp3) is 0.579. The number of methoxy groups -OCH3 is 2. The normalized spacial score (nSPS) is 37.2. The highest BCUT2D eigenvalue weighted by atomic mass is 16.6. The predicted molar refractivity (Wildman–Crippen MR) is 174 cm³/mol. The van der Waals surface area contributed by atoms with Crippen molar-refractivity contribution in [3.8, 4) is 0 Å². The van der Waals surface area contributed by atoms with Crippen LogP contribution in [0, 0.1) is 23.7 Å². The summed E-state index contributed by atoms with van der Waals surface area (Å²) in [5.41, 5.74) is 1.85. The van der Waals surface area contributed by atoms with Crippen LogP contribution in [0.1, 0.15) is 61.5 Å². The molecule has 4 unspecified atom stereocenters. The van der Waals surface area contributed by atoms with Crippen molar-refractivity contribution in [1.82, 2.24) is 9.80 Å². The Morgan fingerprint density at radius 2 is 0.917 bits per heavy atom. The Kier molecular flexibility index (Phi) is 9.06. The third kappa shape index (κ3) is 5.50. The lowest BCUT2D eigenvalue weighted by Gasteiger charge is -2.51. The van der Waals surface area contributed by atoms with E-state index in [-0.39, 0.29) is 47.9 Å². The Hall–Kier alpha value is -3.76. The summed E-state index contributed by atoms with van der Waals surface area (Å²) in [4.78, 5) is 59.7. The summed E-state index contributed by atoms with van der Waals surface area (Å²) in [6.07, 6.45) is 3.24. The van der Waals surface area contributed by atoms with Crippen LogP contribution in [0.2, 0.25) is 0 Å². The second-order valence-corrected chi connectivity index (χ2v) is 14.4. The van der Waals surface area contributed by atoms with Gasteiger partial charge in [0.2, 0.25) is 0 Å². The molecule has 7 rings (SSSR count). The van der Waals surface area contributed by atoms with Crippen LogP contribution in [0.15, 0.2) is 60.7 Å². The third-order valence-electron chi connectivity index (χ3n) is 12.4. The number of piperidine rings is 2. The van der Waals surface area contributed by atoms with Crippen LogP contribution < -0.4 is 0 Å². The molecule has 12 atom stereocenters. The molecule has 5 fully saturated rings. The fourth-order valence-electron chi connectivity index (χ4n) is 9.94.